The van der Waals surface area contributed by atoms with Gasteiger partial charge in [-0.05, 0) is 25.1 Å². The van der Waals surface area contributed by atoms with Crippen LogP contribution in [0, 0.1) is 0 Å². The van der Waals surface area contributed by atoms with Gasteiger partial charge in [0, 0.05) is 18.0 Å². The van der Waals surface area contributed by atoms with Crippen molar-refractivity contribution >= 4 is 29.2 Å². The minimum Gasteiger partial charge on any atom is -0.451 e. The normalized spacial score (nSPS) is 15.7. The van der Waals surface area contributed by atoms with E-state index in [1.807, 2.05) is 30.3 Å². The van der Waals surface area contributed by atoms with Crippen molar-refractivity contribution in [1.29, 1.82) is 0 Å². The summed E-state index contributed by atoms with van der Waals surface area (Å²) in [5, 5.41) is 9.56. The molecule has 0 aliphatic carbocycles. The maximum absolute atomic E-state index is 12.9. The summed E-state index contributed by atoms with van der Waals surface area (Å²) in [7, 11) is 0. The predicted octanol–water partition coefficient (Wildman–Crippen LogP) is 3.00. The van der Waals surface area contributed by atoms with Crippen LogP contribution in [0.3, 0.4) is 0 Å². The quantitative estimate of drug-likeness (QED) is 0.651. The minimum atomic E-state index is -0.678. The fraction of sp³-hybridized carbons (Fsp3) is 0.182. The molecule has 0 spiro atoms. The first-order valence-electron chi connectivity index (χ1n) is 9.52. The largest absolute Gasteiger partial charge is 0.451 e. The number of para-hydroxylation sites is 2. The highest BCUT2D eigenvalue weighted by Crippen LogP contribution is 2.31. The molecular weight excluding hydrogens is 384 g/mol. The molecule has 30 heavy (non-hydrogen) atoms. The van der Waals surface area contributed by atoms with Gasteiger partial charge in [-0.2, -0.15) is 5.10 Å². The Bertz CT molecular complexity index is 1090. The van der Waals surface area contributed by atoms with E-state index in [-0.39, 0.29) is 24.1 Å². The Morgan fingerprint density at radius 1 is 1.13 bits per heavy atom. The Balaban J connectivity index is 1.46. The number of nitrogens with one attached hydrogen (secondary N) is 2. The molecule has 0 saturated heterocycles. The first-order valence-corrected chi connectivity index (χ1v) is 9.52. The summed E-state index contributed by atoms with van der Waals surface area (Å²) in [5.74, 6) is -1.27. The van der Waals surface area contributed by atoms with Gasteiger partial charge < -0.3 is 15.0 Å². The lowest BCUT2D eigenvalue weighted by Crippen LogP contribution is -2.41. The van der Waals surface area contributed by atoms with E-state index in [1.165, 1.54) is 4.90 Å². The molecule has 8 nitrogen and oxygen atoms in total. The van der Waals surface area contributed by atoms with E-state index in [2.05, 4.69) is 15.5 Å². The lowest BCUT2D eigenvalue weighted by molar-refractivity contribution is -0.122. The molecule has 0 radical (unpaired) electrons. The number of fused-ring (bicyclic) bond motifs is 1. The number of amides is 2. The Morgan fingerprint density at radius 3 is 2.67 bits per heavy atom. The van der Waals surface area contributed by atoms with Crippen molar-refractivity contribution in [2.75, 3.05) is 16.8 Å². The zero-order valence-electron chi connectivity index (χ0n) is 16.3. The lowest BCUT2D eigenvalue weighted by Gasteiger charge is -2.27. The first-order chi connectivity index (χ1) is 14.5. The number of benzene rings is 2. The Morgan fingerprint density at radius 2 is 1.87 bits per heavy atom. The number of carbonyl (C=O) groups is 3. The van der Waals surface area contributed by atoms with E-state index in [9.17, 15) is 14.4 Å². The molecule has 8 heteroatoms. The van der Waals surface area contributed by atoms with Crippen molar-refractivity contribution in [3.8, 4) is 11.3 Å². The van der Waals surface area contributed by atoms with Gasteiger partial charge in [-0.3, -0.25) is 14.7 Å². The number of anilines is 2. The Kier molecular flexibility index (Phi) is 5.30. The number of rotatable bonds is 4. The minimum absolute atomic E-state index is 0.148. The van der Waals surface area contributed by atoms with E-state index >= 15 is 0 Å². The average Bonchev–Trinajstić information content (AvgIpc) is 3.19. The SMILES string of the molecule is C[C@H]1CC(=O)Nc2ccccc2N1C(=O)COC(=O)c1cc(-c2ccccc2)n[nH]1. The van der Waals surface area contributed by atoms with E-state index in [0.717, 1.165) is 5.56 Å². The molecule has 0 unspecified atom stereocenters. The third-order valence-electron chi connectivity index (χ3n) is 4.82. The number of aromatic amines is 1. The number of aromatic nitrogens is 2. The van der Waals surface area contributed by atoms with Crippen LogP contribution in [-0.2, 0) is 14.3 Å². The van der Waals surface area contributed by atoms with Gasteiger partial charge in [0.05, 0.1) is 17.1 Å². The van der Waals surface area contributed by atoms with Crippen LogP contribution >= 0.6 is 0 Å². The highest BCUT2D eigenvalue weighted by Gasteiger charge is 2.30. The number of hydrogen-bond acceptors (Lipinski definition) is 5. The van der Waals surface area contributed by atoms with E-state index in [0.29, 0.717) is 17.1 Å². The number of H-pyrrole nitrogens is 1. The number of esters is 1. The van der Waals surface area contributed by atoms with Crippen LogP contribution < -0.4 is 10.2 Å². The van der Waals surface area contributed by atoms with E-state index in [4.69, 9.17) is 4.74 Å². The van der Waals surface area contributed by atoms with Gasteiger partial charge in [-0.25, -0.2) is 4.79 Å². The highest BCUT2D eigenvalue weighted by atomic mass is 16.5. The standard InChI is InChI=1S/C22H20N4O4/c1-14-11-20(27)23-16-9-5-6-10-19(16)26(14)21(28)13-30-22(29)18-12-17(24-25-18)15-7-3-2-4-8-15/h2-10,12,14H,11,13H2,1H3,(H,23,27)(H,24,25)/t14-/m0/s1. The van der Waals surface area contributed by atoms with Crippen LogP contribution in [-0.4, -0.2) is 40.6 Å². The second-order valence-electron chi connectivity index (χ2n) is 6.99. The zero-order valence-corrected chi connectivity index (χ0v) is 16.3. The average molecular weight is 404 g/mol. The molecule has 1 atom stereocenters. The third-order valence-corrected chi connectivity index (χ3v) is 4.82. The molecule has 2 heterocycles. The van der Waals surface area contributed by atoms with Crippen molar-refractivity contribution < 1.29 is 19.1 Å². The highest BCUT2D eigenvalue weighted by molar-refractivity contribution is 6.05. The fourth-order valence-electron chi connectivity index (χ4n) is 3.43. The monoisotopic (exact) mass is 404 g/mol. The summed E-state index contributed by atoms with van der Waals surface area (Å²) in [4.78, 5) is 38.8. The maximum atomic E-state index is 12.9. The van der Waals surface area contributed by atoms with E-state index < -0.39 is 18.5 Å². The van der Waals surface area contributed by atoms with Gasteiger partial charge in [-0.1, -0.05) is 42.5 Å². The molecule has 3 aromatic rings. The number of ether oxygens (including phenoxy) is 1. The van der Waals surface area contributed by atoms with Gasteiger partial charge in [-0.15, -0.1) is 0 Å². The third kappa shape index (κ3) is 3.93. The number of nitrogens with zero attached hydrogens (tertiary/aromatic N) is 2. The van der Waals surface area contributed by atoms with Crippen molar-refractivity contribution in [2.45, 2.75) is 19.4 Å². The zero-order chi connectivity index (χ0) is 21.1. The molecule has 0 fully saturated rings. The molecule has 4 rings (SSSR count). The molecule has 0 saturated carbocycles. The van der Waals surface area contributed by atoms with Crippen molar-refractivity contribution in [2.24, 2.45) is 0 Å². The molecule has 2 aromatic carbocycles. The summed E-state index contributed by atoms with van der Waals surface area (Å²) < 4.78 is 5.22. The summed E-state index contributed by atoms with van der Waals surface area (Å²) in [6.45, 7) is 1.33. The predicted molar refractivity (Wildman–Crippen MR) is 111 cm³/mol. The second kappa shape index (κ2) is 8.20. The molecular formula is C22H20N4O4. The summed E-state index contributed by atoms with van der Waals surface area (Å²) >= 11 is 0. The Labute approximate surface area is 172 Å². The summed E-state index contributed by atoms with van der Waals surface area (Å²) in [6, 6.07) is 17.6. The fourth-order valence-corrected chi connectivity index (χ4v) is 3.43. The molecule has 0 bridgehead atoms. The van der Waals surface area contributed by atoms with Gasteiger partial charge in [0.25, 0.3) is 5.91 Å². The Hall–Kier alpha value is -3.94. The molecule has 1 aliphatic rings. The summed E-state index contributed by atoms with van der Waals surface area (Å²) in [6.07, 6.45) is 0.148. The van der Waals surface area contributed by atoms with Gasteiger partial charge in [0.15, 0.2) is 6.61 Å². The molecule has 2 amide bonds. The topological polar surface area (TPSA) is 104 Å². The van der Waals surface area contributed by atoms with Gasteiger partial charge >= 0.3 is 5.97 Å². The van der Waals surface area contributed by atoms with E-state index in [1.54, 1.807) is 37.3 Å². The number of hydrogen-bond donors (Lipinski definition) is 2. The van der Waals surface area contributed by atoms with Crippen LogP contribution in [0.2, 0.25) is 0 Å². The molecule has 2 N–H and O–H groups in total. The molecule has 152 valence electrons. The molecule has 1 aromatic heterocycles. The van der Waals surface area contributed by atoms with Crippen molar-refractivity contribution in [1.82, 2.24) is 10.2 Å². The number of carbonyl (C=O) groups excluding carboxylic acids is 3. The molecule has 1 aliphatic heterocycles. The van der Waals surface area contributed by atoms with Gasteiger partial charge in [0.2, 0.25) is 5.91 Å². The lowest BCUT2D eigenvalue weighted by atomic mass is 10.1. The maximum Gasteiger partial charge on any atom is 0.356 e. The van der Waals surface area contributed by atoms with Crippen LogP contribution in [0.5, 0.6) is 0 Å². The van der Waals surface area contributed by atoms with Crippen molar-refractivity contribution in [3.63, 3.8) is 0 Å². The van der Waals surface area contributed by atoms with Crippen LogP contribution in [0.4, 0.5) is 11.4 Å². The van der Waals surface area contributed by atoms with Crippen molar-refractivity contribution in [3.05, 3.63) is 66.4 Å². The second-order valence-corrected chi connectivity index (χ2v) is 6.99. The summed E-state index contributed by atoms with van der Waals surface area (Å²) in [5.41, 5.74) is 2.74. The van der Waals surface area contributed by atoms with Gasteiger partial charge in [0.1, 0.15) is 5.69 Å². The van der Waals surface area contributed by atoms with Crippen LogP contribution in [0.25, 0.3) is 11.3 Å². The van der Waals surface area contributed by atoms with Crippen LogP contribution in [0.1, 0.15) is 23.8 Å². The smallest absolute Gasteiger partial charge is 0.356 e. The first kappa shape index (κ1) is 19.4. The van der Waals surface area contributed by atoms with Crippen LogP contribution in [0.15, 0.2) is 60.7 Å².